The molecule has 1 heterocycles. The highest BCUT2D eigenvalue weighted by Crippen LogP contribution is 2.30. The predicted molar refractivity (Wildman–Crippen MR) is 81.1 cm³/mol. The van der Waals surface area contributed by atoms with Gasteiger partial charge >= 0.3 is 0 Å². The molecule has 0 aliphatic rings. The lowest BCUT2D eigenvalue weighted by Gasteiger charge is -2.19. The van der Waals surface area contributed by atoms with E-state index in [4.69, 9.17) is 15.7 Å². The first kappa shape index (κ1) is 14.8. The van der Waals surface area contributed by atoms with Crippen LogP contribution in [0.3, 0.4) is 0 Å². The predicted octanol–water partition coefficient (Wildman–Crippen LogP) is 3.33. The van der Waals surface area contributed by atoms with Crippen LogP contribution in [-0.4, -0.2) is 9.97 Å². The van der Waals surface area contributed by atoms with E-state index in [1.54, 1.807) is 31.2 Å². The third kappa shape index (κ3) is 3.11. The zero-order chi connectivity index (χ0) is 15.6. The van der Waals surface area contributed by atoms with Crippen LogP contribution < -0.4 is 10.5 Å². The van der Waals surface area contributed by atoms with Gasteiger partial charge in [-0.15, -0.1) is 0 Å². The van der Waals surface area contributed by atoms with Crippen molar-refractivity contribution in [3.63, 3.8) is 0 Å². The molecule has 1 aromatic carbocycles. The van der Waals surface area contributed by atoms with Gasteiger partial charge in [0.15, 0.2) is 0 Å². The lowest BCUT2D eigenvalue weighted by atomic mass is 9.95. The van der Waals surface area contributed by atoms with E-state index in [2.05, 4.69) is 16.0 Å². The number of para-hydroxylation sites is 1. The van der Waals surface area contributed by atoms with Crippen LogP contribution in [0.15, 0.2) is 24.3 Å². The van der Waals surface area contributed by atoms with Crippen molar-refractivity contribution in [1.82, 2.24) is 9.97 Å². The lowest BCUT2D eigenvalue weighted by molar-refractivity contribution is 0.441. The van der Waals surface area contributed by atoms with Gasteiger partial charge < -0.3 is 10.5 Å². The van der Waals surface area contributed by atoms with Gasteiger partial charge in [0.05, 0.1) is 11.1 Å². The number of nitrogens with zero attached hydrogens (tertiary/aromatic N) is 3. The Morgan fingerprint density at radius 3 is 2.48 bits per heavy atom. The molecule has 0 atom stereocenters. The molecule has 0 spiro atoms. The number of nitrogen functional groups attached to an aromatic ring is 1. The first-order chi connectivity index (χ1) is 9.82. The maximum absolute atomic E-state index is 9.12. The summed E-state index contributed by atoms with van der Waals surface area (Å²) in [7, 11) is 0. The molecular weight excluding hydrogens is 264 g/mol. The topological polar surface area (TPSA) is 84.8 Å². The average molecular weight is 282 g/mol. The Morgan fingerprint density at radius 2 is 1.86 bits per heavy atom. The third-order valence-electron chi connectivity index (χ3n) is 3.02. The molecule has 2 rings (SSSR count). The number of ether oxygens (including phenoxy) is 1. The fourth-order valence-corrected chi connectivity index (χ4v) is 1.70. The molecule has 0 unspecified atom stereocenters. The second-order valence-corrected chi connectivity index (χ2v) is 5.82. The van der Waals surface area contributed by atoms with Crippen molar-refractivity contribution in [2.75, 3.05) is 5.73 Å². The van der Waals surface area contributed by atoms with Gasteiger partial charge in [0.1, 0.15) is 23.5 Å². The minimum atomic E-state index is -0.241. The summed E-state index contributed by atoms with van der Waals surface area (Å²) in [5.41, 5.74) is 6.82. The Hall–Kier alpha value is -2.61. The molecule has 0 saturated carbocycles. The van der Waals surface area contributed by atoms with Crippen molar-refractivity contribution in [2.24, 2.45) is 0 Å². The van der Waals surface area contributed by atoms with Crippen LogP contribution >= 0.6 is 0 Å². The summed E-state index contributed by atoms with van der Waals surface area (Å²) in [5, 5.41) is 9.12. The van der Waals surface area contributed by atoms with E-state index in [-0.39, 0.29) is 5.41 Å². The van der Waals surface area contributed by atoms with Gasteiger partial charge in [-0.2, -0.15) is 10.2 Å². The van der Waals surface area contributed by atoms with Crippen LogP contribution in [0.4, 0.5) is 5.82 Å². The molecule has 5 heteroatoms. The number of hydrogen-bond donors (Lipinski definition) is 1. The normalized spacial score (nSPS) is 11.0. The number of hydrogen-bond acceptors (Lipinski definition) is 5. The van der Waals surface area contributed by atoms with Crippen molar-refractivity contribution in [2.45, 2.75) is 33.1 Å². The highest BCUT2D eigenvalue weighted by Gasteiger charge is 2.21. The molecule has 0 radical (unpaired) electrons. The number of aromatic nitrogens is 2. The summed E-state index contributed by atoms with van der Waals surface area (Å²) >= 11 is 0. The molecule has 108 valence electrons. The maximum atomic E-state index is 9.12. The number of rotatable bonds is 2. The molecule has 2 aromatic rings. The van der Waals surface area contributed by atoms with E-state index in [1.165, 1.54) is 0 Å². The summed E-state index contributed by atoms with van der Waals surface area (Å²) in [5.74, 6) is 1.84. The van der Waals surface area contributed by atoms with Crippen molar-refractivity contribution < 1.29 is 4.74 Å². The Balaban J connectivity index is 2.50. The smallest absolute Gasteiger partial charge is 0.227 e. The summed E-state index contributed by atoms with van der Waals surface area (Å²) < 4.78 is 5.79. The van der Waals surface area contributed by atoms with E-state index in [1.807, 2.05) is 20.8 Å². The summed E-state index contributed by atoms with van der Waals surface area (Å²) in [6, 6.07) is 9.11. The van der Waals surface area contributed by atoms with E-state index >= 15 is 0 Å². The summed E-state index contributed by atoms with van der Waals surface area (Å²) in [6.45, 7) is 7.81. The van der Waals surface area contributed by atoms with Crippen LogP contribution in [0.5, 0.6) is 11.6 Å². The maximum Gasteiger partial charge on any atom is 0.227 e. The zero-order valence-corrected chi connectivity index (χ0v) is 12.6. The number of benzene rings is 1. The highest BCUT2D eigenvalue weighted by atomic mass is 16.5. The highest BCUT2D eigenvalue weighted by molar-refractivity contribution is 5.49. The number of nitrogens with two attached hydrogens (primary N) is 1. The van der Waals surface area contributed by atoms with Gasteiger partial charge in [-0.05, 0) is 19.1 Å². The second-order valence-electron chi connectivity index (χ2n) is 5.82. The first-order valence-corrected chi connectivity index (χ1v) is 6.64. The Bertz CT molecular complexity index is 711. The standard InChI is InChI=1S/C16H18N4O/c1-10-13(18)19-15(16(2,3)4)20-14(10)21-12-8-6-5-7-11(12)9-17/h5-8H,1-4H3,(H2,18,19,20). The van der Waals surface area contributed by atoms with Crippen LogP contribution in [0, 0.1) is 18.3 Å². The summed E-state index contributed by atoms with van der Waals surface area (Å²) in [6.07, 6.45) is 0. The molecule has 1 aromatic heterocycles. The largest absolute Gasteiger partial charge is 0.437 e. The molecule has 0 amide bonds. The van der Waals surface area contributed by atoms with Crippen LogP contribution in [0.2, 0.25) is 0 Å². The minimum absolute atomic E-state index is 0.241. The van der Waals surface area contributed by atoms with Gasteiger partial charge in [0.25, 0.3) is 0 Å². The van der Waals surface area contributed by atoms with Gasteiger partial charge in [0.2, 0.25) is 5.88 Å². The average Bonchev–Trinajstić information content (AvgIpc) is 2.43. The number of anilines is 1. The zero-order valence-electron chi connectivity index (χ0n) is 12.6. The molecule has 0 aliphatic heterocycles. The van der Waals surface area contributed by atoms with Crippen molar-refractivity contribution in [1.29, 1.82) is 5.26 Å². The Kier molecular flexibility index (Phi) is 3.81. The van der Waals surface area contributed by atoms with Gasteiger partial charge in [-0.1, -0.05) is 32.9 Å². The van der Waals surface area contributed by atoms with E-state index in [0.29, 0.717) is 34.4 Å². The fraction of sp³-hybridized carbons (Fsp3) is 0.312. The molecule has 5 nitrogen and oxygen atoms in total. The molecular formula is C16H18N4O. The van der Waals surface area contributed by atoms with Crippen LogP contribution in [0.25, 0.3) is 0 Å². The van der Waals surface area contributed by atoms with Crippen molar-refractivity contribution >= 4 is 5.82 Å². The molecule has 21 heavy (non-hydrogen) atoms. The minimum Gasteiger partial charge on any atom is -0.437 e. The molecule has 2 N–H and O–H groups in total. The van der Waals surface area contributed by atoms with E-state index in [9.17, 15) is 0 Å². The molecule has 0 saturated heterocycles. The monoisotopic (exact) mass is 282 g/mol. The van der Waals surface area contributed by atoms with Gasteiger partial charge in [-0.3, -0.25) is 0 Å². The Labute approximate surface area is 124 Å². The molecule has 0 fully saturated rings. The van der Waals surface area contributed by atoms with Gasteiger partial charge in [0, 0.05) is 5.41 Å². The lowest BCUT2D eigenvalue weighted by Crippen LogP contribution is -2.18. The van der Waals surface area contributed by atoms with Crippen molar-refractivity contribution in [3.05, 3.63) is 41.2 Å². The summed E-state index contributed by atoms with van der Waals surface area (Å²) in [4.78, 5) is 8.76. The van der Waals surface area contributed by atoms with Crippen LogP contribution in [-0.2, 0) is 5.41 Å². The first-order valence-electron chi connectivity index (χ1n) is 6.64. The second kappa shape index (κ2) is 5.41. The van der Waals surface area contributed by atoms with Crippen LogP contribution in [0.1, 0.15) is 37.7 Å². The van der Waals surface area contributed by atoms with Gasteiger partial charge in [-0.25, -0.2) is 4.98 Å². The van der Waals surface area contributed by atoms with E-state index in [0.717, 1.165) is 0 Å². The fourth-order valence-electron chi connectivity index (χ4n) is 1.70. The third-order valence-corrected chi connectivity index (χ3v) is 3.02. The van der Waals surface area contributed by atoms with Crippen molar-refractivity contribution in [3.8, 4) is 17.7 Å². The number of nitriles is 1. The molecule has 0 bridgehead atoms. The Morgan fingerprint density at radius 1 is 1.19 bits per heavy atom. The quantitative estimate of drug-likeness (QED) is 0.913. The molecule has 0 aliphatic carbocycles. The van der Waals surface area contributed by atoms with E-state index < -0.39 is 0 Å². The SMILES string of the molecule is Cc1c(N)nc(C(C)(C)C)nc1Oc1ccccc1C#N.